The van der Waals surface area contributed by atoms with Crippen LogP contribution < -0.4 is 10.6 Å². The van der Waals surface area contributed by atoms with E-state index in [1.807, 2.05) is 0 Å². The van der Waals surface area contributed by atoms with E-state index in [4.69, 9.17) is 5.11 Å². The van der Waals surface area contributed by atoms with Crippen LogP contribution in [0.25, 0.3) is 0 Å². The lowest BCUT2D eigenvalue weighted by atomic mass is 10.2. The number of aliphatic carboxylic acids is 1. The number of halogens is 1. The summed E-state index contributed by atoms with van der Waals surface area (Å²) in [6, 6.07) is -1.72. The number of nitrogens with one attached hydrogen (secondary N) is 2. The minimum absolute atomic E-state index is 0.0963. The first kappa shape index (κ1) is 13.9. The van der Waals surface area contributed by atoms with E-state index in [9.17, 15) is 14.4 Å². The summed E-state index contributed by atoms with van der Waals surface area (Å²) in [6.45, 7) is 2.82. The fraction of sp³-hybridized carbons (Fsp3) is 0.625. The topological polar surface area (TPSA) is 95.5 Å². The average Bonchev–Trinajstić information content (AvgIpc) is 2.16. The number of rotatable bonds is 5. The Bertz CT molecular complexity index is 269. The highest BCUT2D eigenvalue weighted by Crippen LogP contribution is 1.88. The highest BCUT2D eigenvalue weighted by Gasteiger charge is 2.19. The van der Waals surface area contributed by atoms with E-state index in [1.165, 1.54) is 13.8 Å². The van der Waals surface area contributed by atoms with E-state index in [1.54, 1.807) is 0 Å². The zero-order valence-corrected chi connectivity index (χ0v) is 10.00. The van der Waals surface area contributed by atoms with Gasteiger partial charge in [0.1, 0.15) is 12.1 Å². The van der Waals surface area contributed by atoms with Crippen molar-refractivity contribution in [2.24, 2.45) is 0 Å². The van der Waals surface area contributed by atoms with Gasteiger partial charge in [-0.15, -0.1) is 0 Å². The monoisotopic (exact) mass is 280 g/mol. The van der Waals surface area contributed by atoms with Crippen LogP contribution in [0.2, 0.25) is 0 Å². The Kier molecular flexibility index (Phi) is 5.92. The van der Waals surface area contributed by atoms with Gasteiger partial charge < -0.3 is 15.7 Å². The SMILES string of the molecule is C[C@H](NC(=O)CBr)C(=O)N[C@H](C)C(=O)O. The molecule has 0 aromatic heterocycles. The lowest BCUT2D eigenvalue weighted by Gasteiger charge is -2.15. The van der Waals surface area contributed by atoms with Crippen LogP contribution in [0.5, 0.6) is 0 Å². The quantitative estimate of drug-likeness (QED) is 0.591. The normalized spacial score (nSPS) is 13.8. The summed E-state index contributed by atoms with van der Waals surface area (Å²) < 4.78 is 0. The molecule has 0 aromatic rings. The largest absolute Gasteiger partial charge is 0.480 e. The number of carboxylic acids is 1. The molecule has 86 valence electrons. The lowest BCUT2D eigenvalue weighted by molar-refractivity contribution is -0.141. The minimum atomic E-state index is -1.12. The highest BCUT2D eigenvalue weighted by atomic mass is 79.9. The third-order valence-electron chi connectivity index (χ3n) is 1.62. The Morgan fingerprint density at radius 1 is 1.20 bits per heavy atom. The molecule has 7 heteroatoms. The summed E-state index contributed by atoms with van der Waals surface area (Å²) in [7, 11) is 0. The van der Waals surface area contributed by atoms with Crippen LogP contribution in [0.1, 0.15) is 13.8 Å². The Balaban J connectivity index is 4.10. The Morgan fingerprint density at radius 2 is 1.73 bits per heavy atom. The zero-order valence-electron chi connectivity index (χ0n) is 8.41. The van der Waals surface area contributed by atoms with Crippen molar-refractivity contribution in [2.75, 3.05) is 5.33 Å². The van der Waals surface area contributed by atoms with E-state index >= 15 is 0 Å². The molecule has 0 aliphatic carbocycles. The summed E-state index contributed by atoms with van der Waals surface area (Å²) in [5.41, 5.74) is 0. The van der Waals surface area contributed by atoms with E-state index in [0.29, 0.717) is 0 Å². The van der Waals surface area contributed by atoms with Crippen molar-refractivity contribution >= 4 is 33.7 Å². The van der Waals surface area contributed by atoms with Crippen LogP contribution >= 0.6 is 15.9 Å². The molecule has 0 bridgehead atoms. The fourth-order valence-electron chi connectivity index (χ4n) is 0.746. The molecule has 6 nitrogen and oxygen atoms in total. The van der Waals surface area contributed by atoms with Crippen LogP contribution in [0.3, 0.4) is 0 Å². The number of carboxylic acid groups (broad SMARTS) is 1. The molecular weight excluding hydrogens is 268 g/mol. The Morgan fingerprint density at radius 3 is 2.13 bits per heavy atom. The van der Waals surface area contributed by atoms with Crippen molar-refractivity contribution < 1.29 is 19.5 Å². The molecular formula is C8H13BrN2O4. The van der Waals surface area contributed by atoms with Crippen LogP contribution in [0.4, 0.5) is 0 Å². The van der Waals surface area contributed by atoms with Crippen LogP contribution in [-0.4, -0.2) is 40.3 Å². The standard InChI is InChI=1S/C8H13BrN2O4/c1-4(10-6(12)3-9)7(13)11-5(2)8(14)15/h4-5H,3H2,1-2H3,(H,10,12)(H,11,13)(H,14,15)/t4-,5+/m0/s1. The first-order valence-corrected chi connectivity index (χ1v) is 5.39. The van der Waals surface area contributed by atoms with Gasteiger partial charge in [-0.2, -0.15) is 0 Å². The van der Waals surface area contributed by atoms with Crippen molar-refractivity contribution in [3.8, 4) is 0 Å². The fourth-order valence-corrected chi connectivity index (χ4v) is 0.908. The minimum Gasteiger partial charge on any atom is -0.480 e. The molecule has 2 atom stereocenters. The summed E-state index contributed by atoms with van der Waals surface area (Å²) in [4.78, 5) is 32.6. The van der Waals surface area contributed by atoms with Gasteiger partial charge >= 0.3 is 5.97 Å². The third-order valence-corrected chi connectivity index (χ3v) is 2.13. The van der Waals surface area contributed by atoms with Crippen molar-refractivity contribution in [1.82, 2.24) is 10.6 Å². The van der Waals surface area contributed by atoms with E-state index in [0.717, 1.165) is 0 Å². The molecule has 15 heavy (non-hydrogen) atoms. The van der Waals surface area contributed by atoms with Gasteiger partial charge in [0.15, 0.2) is 0 Å². The molecule has 0 saturated carbocycles. The van der Waals surface area contributed by atoms with Crippen LogP contribution in [0.15, 0.2) is 0 Å². The van der Waals surface area contributed by atoms with Gasteiger partial charge in [-0.25, -0.2) is 0 Å². The van der Waals surface area contributed by atoms with Crippen LogP contribution in [-0.2, 0) is 14.4 Å². The van der Waals surface area contributed by atoms with Gasteiger partial charge in [0.2, 0.25) is 11.8 Å². The van der Waals surface area contributed by atoms with Gasteiger partial charge in [0, 0.05) is 0 Å². The first-order valence-electron chi connectivity index (χ1n) is 4.27. The molecule has 0 aliphatic heterocycles. The number of carbonyl (C=O) groups excluding carboxylic acids is 2. The zero-order chi connectivity index (χ0) is 12.0. The summed E-state index contributed by atoms with van der Waals surface area (Å²) in [5.74, 6) is -1.98. The number of carbonyl (C=O) groups is 3. The maximum atomic E-state index is 11.3. The smallest absolute Gasteiger partial charge is 0.325 e. The molecule has 0 unspecified atom stereocenters. The predicted octanol–water partition coefficient (Wildman–Crippen LogP) is -0.525. The Hall–Kier alpha value is -1.11. The lowest BCUT2D eigenvalue weighted by Crippen LogP contribution is -2.49. The molecule has 0 saturated heterocycles. The van der Waals surface area contributed by atoms with E-state index in [2.05, 4.69) is 26.6 Å². The van der Waals surface area contributed by atoms with Gasteiger partial charge in [-0.3, -0.25) is 14.4 Å². The van der Waals surface area contributed by atoms with Gasteiger partial charge in [0.05, 0.1) is 5.33 Å². The summed E-state index contributed by atoms with van der Waals surface area (Å²) >= 11 is 2.93. The number of amides is 2. The number of hydrogen-bond acceptors (Lipinski definition) is 3. The number of hydrogen-bond donors (Lipinski definition) is 3. The molecule has 0 spiro atoms. The van der Waals surface area contributed by atoms with Gasteiger partial charge in [0.25, 0.3) is 0 Å². The van der Waals surface area contributed by atoms with Crippen molar-refractivity contribution in [1.29, 1.82) is 0 Å². The highest BCUT2D eigenvalue weighted by molar-refractivity contribution is 9.09. The van der Waals surface area contributed by atoms with Crippen molar-refractivity contribution in [3.05, 3.63) is 0 Å². The van der Waals surface area contributed by atoms with E-state index in [-0.39, 0.29) is 11.2 Å². The predicted molar refractivity (Wildman–Crippen MR) is 56.6 cm³/mol. The number of alkyl halides is 1. The summed E-state index contributed by atoms with van der Waals surface area (Å²) in [6.07, 6.45) is 0. The molecule has 0 rings (SSSR count). The maximum absolute atomic E-state index is 11.3. The van der Waals surface area contributed by atoms with E-state index < -0.39 is 24.0 Å². The summed E-state index contributed by atoms with van der Waals surface area (Å²) in [5, 5.41) is 13.3. The maximum Gasteiger partial charge on any atom is 0.325 e. The molecule has 0 aromatic carbocycles. The second-order valence-corrected chi connectivity index (χ2v) is 3.55. The molecule has 2 amide bonds. The molecule has 0 heterocycles. The first-order chi connectivity index (χ1) is 6.88. The second kappa shape index (κ2) is 6.39. The van der Waals surface area contributed by atoms with Crippen molar-refractivity contribution in [3.63, 3.8) is 0 Å². The molecule has 3 N–H and O–H groups in total. The van der Waals surface area contributed by atoms with Gasteiger partial charge in [-0.05, 0) is 13.8 Å². The van der Waals surface area contributed by atoms with Crippen molar-refractivity contribution in [2.45, 2.75) is 25.9 Å². The second-order valence-electron chi connectivity index (χ2n) is 2.99. The molecule has 0 aliphatic rings. The average molecular weight is 281 g/mol. The third kappa shape index (κ3) is 5.36. The van der Waals surface area contributed by atoms with Gasteiger partial charge in [-0.1, -0.05) is 15.9 Å². The van der Waals surface area contributed by atoms with Crippen LogP contribution in [0, 0.1) is 0 Å². The Labute approximate surface area is 95.5 Å². The molecule has 0 fully saturated rings. The molecule has 0 radical (unpaired) electrons.